The van der Waals surface area contributed by atoms with Gasteiger partial charge in [0.25, 0.3) is 11.8 Å². The van der Waals surface area contributed by atoms with Crippen molar-refractivity contribution in [1.29, 1.82) is 0 Å². The summed E-state index contributed by atoms with van der Waals surface area (Å²) in [5.41, 5.74) is 26.6. The molecular formula is C91H123BN6O13S2. The number of sulfonamides is 2. The highest BCUT2D eigenvalue weighted by Gasteiger charge is 2.20. The molecule has 0 spiro atoms. The third-order valence-corrected chi connectivity index (χ3v) is 20.7. The summed E-state index contributed by atoms with van der Waals surface area (Å²) in [5, 5.41) is 45.6. The van der Waals surface area contributed by atoms with E-state index in [-0.39, 0.29) is 35.1 Å². The SMILES string of the molecule is CC(C)c1ccc(C(=O)O)cc1.CC(C)c1ccc(C(N)=O)cc1.CC(C)c1ccc(CO)cc1.CC(C)c1ccc(S(=O)(=O)N(C)C)cc1.CC(C)c1ccc2c(c1)C(=O)NC2.CC(C)c1cccc(B(O)O)c1.CC(C)c1cccc(C(N)=O)c1.CC(C)c1cccc(S(N)(=O)=O)c1.CNC(=O)c1ccc(C(C)C)cc1. The minimum atomic E-state index is -3.56. The number of amides is 4. The third kappa shape index (κ3) is 35.4. The molecule has 0 aliphatic carbocycles. The lowest BCUT2D eigenvalue weighted by molar-refractivity contribution is 0.0695. The summed E-state index contributed by atoms with van der Waals surface area (Å²) in [5.74, 6) is 2.52. The van der Waals surface area contributed by atoms with Crippen LogP contribution in [0, 0.1) is 0 Å². The summed E-state index contributed by atoms with van der Waals surface area (Å²) in [6, 6.07) is 64.8. The molecule has 113 heavy (non-hydrogen) atoms. The van der Waals surface area contributed by atoms with Gasteiger partial charge in [-0.15, -0.1) is 0 Å². The average Bonchev–Trinajstić information content (AvgIpc) is 1.69. The molecule has 0 bridgehead atoms. The second-order valence-corrected chi connectivity index (χ2v) is 33.7. The molecular weight excluding hydrogens is 1460 g/mol. The number of carbonyl (C=O) groups is 5. The Bertz CT molecular complexity index is 4560. The molecule has 9 aromatic carbocycles. The van der Waals surface area contributed by atoms with Crippen molar-refractivity contribution in [3.8, 4) is 0 Å². The van der Waals surface area contributed by atoms with Gasteiger partial charge in [-0.2, -0.15) is 0 Å². The minimum absolute atomic E-state index is 0.0321. The monoisotopic (exact) mass is 1580 g/mol. The molecule has 0 saturated heterocycles. The summed E-state index contributed by atoms with van der Waals surface area (Å²) in [4.78, 5) is 55.0. The van der Waals surface area contributed by atoms with Crippen molar-refractivity contribution in [2.24, 2.45) is 16.6 Å². The Morgan fingerprint density at radius 3 is 1.14 bits per heavy atom. The molecule has 10 rings (SSSR count). The number of nitrogens with zero attached hydrogens (tertiary/aromatic N) is 1. The maximum atomic E-state index is 11.7. The molecule has 1 aliphatic heterocycles. The number of aliphatic hydroxyl groups excluding tert-OH is 1. The Morgan fingerprint density at radius 2 is 0.779 bits per heavy atom. The van der Waals surface area contributed by atoms with E-state index in [1.165, 1.54) is 52.3 Å². The van der Waals surface area contributed by atoms with Crippen LogP contribution in [0.25, 0.3) is 0 Å². The standard InChI is InChI=1S/C11H17NO2S.C11H13NO.C11H15NO.2C10H13NO.C10H12O2.C10H14O.C9H13BO2.C9H13NO2S/c1-9(2)10-5-7-11(8-6-10)15(13,14)12(3)4;1-7(2)8-3-4-9-6-12-11(13)10(9)5-8;1-8(2)9-4-6-10(7-5-9)11(13)12-3;1-7(2)8-3-5-9(6-4-8)10(11)12;1-7(2)8-4-3-5-9(6-8)10(11)12;1-7(2)8-3-5-9(6-4-8)10(11)12;1-8(2)10-5-3-9(7-11)4-6-10;1-7(2)8-4-3-5-9(6-8)10(11)12;1-7(2)8-4-3-5-9(6-8)13(10,11)12/h5-9H,1-4H3;3-5,7H,6H2,1-2H3,(H,12,13);4-8H,1-3H3,(H,12,13);2*3-7H,1-2H3,(H2,11,12);3-7H,1-2H3,(H,11,12);3-6,8,11H,7H2,1-2H3;3-7,11-12H,1-2H3;3-7H,1-2H3,(H2,10,11,12). The number of nitrogens with two attached hydrogens (primary N) is 3. The van der Waals surface area contributed by atoms with Gasteiger partial charge in [0.15, 0.2) is 0 Å². The first-order chi connectivity index (χ1) is 52.8. The molecule has 610 valence electrons. The van der Waals surface area contributed by atoms with Gasteiger partial charge in [-0.3, -0.25) is 19.2 Å². The van der Waals surface area contributed by atoms with Crippen molar-refractivity contribution < 1.29 is 61.1 Å². The summed E-state index contributed by atoms with van der Waals surface area (Å²) in [6.07, 6.45) is 0. The normalized spacial score (nSPS) is 11.3. The molecule has 0 unspecified atom stereocenters. The van der Waals surface area contributed by atoms with Crippen molar-refractivity contribution in [3.63, 3.8) is 0 Å². The maximum Gasteiger partial charge on any atom is 0.488 e. The highest BCUT2D eigenvalue weighted by atomic mass is 32.2. The number of carboxylic acid groups (broad SMARTS) is 1. The number of nitrogens with one attached hydrogen (secondary N) is 2. The average molecular weight is 1580 g/mol. The topological polar surface area (TPSA) is 340 Å². The first-order valence-electron chi connectivity index (χ1n) is 37.9. The highest BCUT2D eigenvalue weighted by Crippen LogP contribution is 2.25. The van der Waals surface area contributed by atoms with Gasteiger partial charge in [0.1, 0.15) is 0 Å². The molecule has 0 fully saturated rings. The number of hydrogen-bond acceptors (Lipinski definition) is 12. The van der Waals surface area contributed by atoms with Gasteiger partial charge in [0.2, 0.25) is 31.9 Å². The summed E-state index contributed by atoms with van der Waals surface area (Å²) in [7, 11) is -3.50. The first kappa shape index (κ1) is 99.2. The van der Waals surface area contributed by atoms with Crippen molar-refractivity contribution >= 4 is 62.2 Å². The number of rotatable bonds is 18. The zero-order valence-corrected chi connectivity index (χ0v) is 71.5. The van der Waals surface area contributed by atoms with E-state index in [0.29, 0.717) is 92.4 Å². The van der Waals surface area contributed by atoms with E-state index >= 15 is 0 Å². The molecule has 9 aromatic rings. The van der Waals surface area contributed by atoms with Crippen molar-refractivity contribution in [2.75, 3.05) is 21.1 Å². The third-order valence-electron chi connectivity index (χ3n) is 18.0. The fourth-order valence-electron chi connectivity index (χ4n) is 10.2. The Kier molecular flexibility index (Phi) is 42.9. The largest absolute Gasteiger partial charge is 0.488 e. The van der Waals surface area contributed by atoms with Crippen LogP contribution in [0.2, 0.25) is 0 Å². The summed E-state index contributed by atoms with van der Waals surface area (Å²) in [6.45, 7) is 38.5. The number of aliphatic hydroxyl groups is 1. The molecule has 1 aliphatic rings. The number of primary sulfonamides is 1. The second kappa shape index (κ2) is 48.9. The fraction of sp³-hybridized carbons (Fsp3) is 0.352. The molecule has 22 heteroatoms. The smallest absolute Gasteiger partial charge is 0.478 e. The number of aromatic carboxylic acids is 1. The lowest BCUT2D eigenvalue weighted by atomic mass is 9.79. The Balaban J connectivity index is 0.000000432. The predicted octanol–water partition coefficient (Wildman–Crippen LogP) is 16.9. The molecule has 19 nitrogen and oxygen atoms in total. The molecule has 0 atom stereocenters. The number of fused-ring (bicyclic) bond motifs is 1. The first-order valence-corrected chi connectivity index (χ1v) is 40.9. The number of primary amides is 2. The number of hydrogen-bond donors (Lipinski definition) is 9. The summed E-state index contributed by atoms with van der Waals surface area (Å²) >= 11 is 0. The van der Waals surface area contributed by atoms with E-state index in [4.69, 9.17) is 36.9 Å². The van der Waals surface area contributed by atoms with E-state index in [0.717, 1.165) is 38.9 Å². The van der Waals surface area contributed by atoms with Crippen LogP contribution in [0.5, 0.6) is 0 Å². The predicted molar refractivity (Wildman–Crippen MR) is 461 cm³/mol. The van der Waals surface area contributed by atoms with Crippen LogP contribution >= 0.6 is 0 Å². The zero-order chi connectivity index (χ0) is 85.8. The Morgan fingerprint density at radius 1 is 0.434 bits per heavy atom. The van der Waals surface area contributed by atoms with Gasteiger partial charge in [-0.1, -0.05) is 258 Å². The minimum Gasteiger partial charge on any atom is -0.478 e. The molecule has 1 heterocycles. The van der Waals surface area contributed by atoms with E-state index in [9.17, 15) is 40.8 Å². The number of benzene rings is 9. The lowest BCUT2D eigenvalue weighted by Gasteiger charge is -2.12. The van der Waals surface area contributed by atoms with Crippen LogP contribution in [-0.2, 0) is 33.2 Å². The second-order valence-electron chi connectivity index (χ2n) is 30.0. The van der Waals surface area contributed by atoms with Crippen molar-refractivity contribution in [2.45, 2.75) is 201 Å². The zero-order valence-electron chi connectivity index (χ0n) is 69.9. The quantitative estimate of drug-likeness (QED) is 0.0361. The van der Waals surface area contributed by atoms with Crippen LogP contribution < -0.4 is 32.7 Å². The van der Waals surface area contributed by atoms with Crippen molar-refractivity contribution in [1.82, 2.24) is 14.9 Å². The van der Waals surface area contributed by atoms with Gasteiger partial charge >= 0.3 is 13.1 Å². The van der Waals surface area contributed by atoms with E-state index in [1.807, 2.05) is 141 Å². The lowest BCUT2D eigenvalue weighted by Crippen LogP contribution is -2.29. The molecule has 0 aromatic heterocycles. The highest BCUT2D eigenvalue weighted by molar-refractivity contribution is 7.89. The maximum absolute atomic E-state index is 11.7. The van der Waals surface area contributed by atoms with Gasteiger partial charge in [0, 0.05) is 49.9 Å². The van der Waals surface area contributed by atoms with Crippen LogP contribution in [0.15, 0.2) is 222 Å². The van der Waals surface area contributed by atoms with Crippen LogP contribution in [0.1, 0.15) is 291 Å². The van der Waals surface area contributed by atoms with Crippen LogP contribution in [0.4, 0.5) is 0 Å². The number of carbonyl (C=O) groups excluding carboxylic acids is 4. The number of carboxylic acids is 1. The van der Waals surface area contributed by atoms with E-state index in [2.05, 4.69) is 140 Å². The Labute approximate surface area is 674 Å². The van der Waals surface area contributed by atoms with E-state index in [1.54, 1.807) is 67.7 Å². The van der Waals surface area contributed by atoms with Gasteiger partial charge < -0.3 is 42.4 Å². The van der Waals surface area contributed by atoms with Gasteiger partial charge in [0.05, 0.1) is 22.0 Å². The molecule has 0 radical (unpaired) electrons. The van der Waals surface area contributed by atoms with Crippen LogP contribution in [0.3, 0.4) is 0 Å². The van der Waals surface area contributed by atoms with Crippen LogP contribution in [-0.4, -0.2) is 99.3 Å². The molecule has 0 saturated carbocycles. The van der Waals surface area contributed by atoms with Gasteiger partial charge in [-0.25, -0.2) is 31.1 Å². The fourth-order valence-corrected chi connectivity index (χ4v) is 11.7. The van der Waals surface area contributed by atoms with Crippen molar-refractivity contribution in [3.05, 3.63) is 301 Å². The summed E-state index contributed by atoms with van der Waals surface area (Å²) < 4.78 is 46.7. The van der Waals surface area contributed by atoms with E-state index < -0.39 is 33.1 Å². The Hall–Kier alpha value is -9.91. The molecule has 12 N–H and O–H groups in total. The van der Waals surface area contributed by atoms with Gasteiger partial charge in [-0.05, 0) is 199 Å². The molecule has 4 amide bonds.